The number of esters is 1. The number of amides is 1. The average Bonchev–Trinajstić information content (AvgIpc) is 2.63. The molecule has 1 unspecified atom stereocenters. The van der Waals surface area contributed by atoms with Gasteiger partial charge in [-0.15, -0.1) is 0 Å². The van der Waals surface area contributed by atoms with Gasteiger partial charge >= 0.3 is 12.1 Å². The molecule has 0 aliphatic heterocycles. The van der Waals surface area contributed by atoms with Gasteiger partial charge in [0.15, 0.2) is 0 Å². The first kappa shape index (κ1) is 26.0. The van der Waals surface area contributed by atoms with Crippen LogP contribution in [0.1, 0.15) is 67.4 Å². The molecule has 0 spiro atoms. The van der Waals surface area contributed by atoms with Crippen molar-refractivity contribution >= 4 is 12.1 Å². The Balaban J connectivity index is 2.86. The molecule has 0 aliphatic carbocycles. The summed E-state index contributed by atoms with van der Waals surface area (Å²) in [6.07, 6.45) is 0.561. The number of ether oxygens (including phenoxy) is 3. The third-order valence-corrected chi connectivity index (χ3v) is 4.83. The van der Waals surface area contributed by atoms with Crippen LogP contribution in [0.25, 0.3) is 0 Å². The number of alkyl carbamates (subject to hydrolysis) is 1. The Labute approximate surface area is 181 Å². The zero-order chi connectivity index (χ0) is 22.9. The third kappa shape index (κ3) is 9.16. The summed E-state index contributed by atoms with van der Waals surface area (Å²) in [6, 6.07) is 9.27. The fourth-order valence-electron chi connectivity index (χ4n) is 3.23. The van der Waals surface area contributed by atoms with Crippen molar-refractivity contribution in [3.8, 4) is 0 Å². The molecule has 1 aromatic rings. The van der Waals surface area contributed by atoms with E-state index >= 15 is 0 Å². The number of rotatable bonds is 10. The second-order valence-electron chi connectivity index (χ2n) is 9.26. The highest BCUT2D eigenvalue weighted by molar-refractivity contribution is 5.81. The molecule has 6 nitrogen and oxygen atoms in total. The van der Waals surface area contributed by atoms with Crippen LogP contribution in [-0.4, -0.2) is 42.0 Å². The molecule has 0 aliphatic rings. The van der Waals surface area contributed by atoms with Gasteiger partial charge in [0.05, 0.1) is 5.60 Å². The van der Waals surface area contributed by atoms with E-state index in [4.69, 9.17) is 14.2 Å². The van der Waals surface area contributed by atoms with Crippen molar-refractivity contribution in [1.82, 2.24) is 5.32 Å². The normalized spacial score (nSPS) is 15.1. The van der Waals surface area contributed by atoms with E-state index < -0.39 is 35.4 Å². The van der Waals surface area contributed by atoms with Gasteiger partial charge in [-0.05, 0) is 66.9 Å². The fraction of sp³-hybridized carbons (Fsp3) is 0.667. The second-order valence-corrected chi connectivity index (χ2v) is 9.26. The molecule has 170 valence electrons. The maximum atomic E-state index is 12.6. The molecule has 0 heterocycles. The van der Waals surface area contributed by atoms with Crippen molar-refractivity contribution in [3.05, 3.63) is 35.9 Å². The molecule has 1 N–H and O–H groups in total. The summed E-state index contributed by atoms with van der Waals surface area (Å²) < 4.78 is 17.1. The van der Waals surface area contributed by atoms with E-state index in [1.165, 1.54) is 0 Å². The van der Waals surface area contributed by atoms with Gasteiger partial charge < -0.3 is 19.5 Å². The summed E-state index contributed by atoms with van der Waals surface area (Å²) in [6.45, 7) is 15.5. The van der Waals surface area contributed by atoms with E-state index in [1.807, 2.05) is 39.0 Å². The molecule has 6 heteroatoms. The molecule has 3 atom stereocenters. The molecule has 0 saturated heterocycles. The molecule has 30 heavy (non-hydrogen) atoms. The van der Waals surface area contributed by atoms with E-state index in [-0.39, 0.29) is 5.92 Å². The summed E-state index contributed by atoms with van der Waals surface area (Å²) in [5, 5.41) is 2.54. The van der Waals surface area contributed by atoms with Gasteiger partial charge in [-0.25, -0.2) is 9.59 Å². The lowest BCUT2D eigenvalue weighted by Gasteiger charge is -2.38. The standard InChI is InChI=1S/C24H39NO5/c1-9-15-28-24(7,8)20(16-19-13-11-10-12-14-19)18(3)29-21(26)17(2)25-22(27)30-23(4,5)6/h10-14,17-18,20H,9,15-16H2,1-8H3,(H,25,27)/t17-,18?,20-/m0/s1. The SMILES string of the molecule is CCCOC(C)(C)[C@@H](Cc1ccccc1)C(C)OC(=O)[C@H](C)NC(=O)OC(C)(C)C. The zero-order valence-electron chi connectivity index (χ0n) is 19.8. The molecule has 0 radical (unpaired) electrons. The maximum absolute atomic E-state index is 12.6. The molecular weight excluding hydrogens is 382 g/mol. The Morgan fingerprint density at radius 1 is 1.03 bits per heavy atom. The first-order chi connectivity index (χ1) is 13.9. The lowest BCUT2D eigenvalue weighted by Crippen LogP contribution is -2.47. The predicted molar refractivity (Wildman–Crippen MR) is 118 cm³/mol. The maximum Gasteiger partial charge on any atom is 0.408 e. The quantitative estimate of drug-likeness (QED) is 0.544. The van der Waals surface area contributed by atoms with Gasteiger partial charge in [-0.2, -0.15) is 0 Å². The van der Waals surface area contributed by atoms with Crippen LogP contribution in [0.5, 0.6) is 0 Å². The first-order valence-electron chi connectivity index (χ1n) is 10.7. The van der Waals surface area contributed by atoms with Crippen LogP contribution in [-0.2, 0) is 25.4 Å². The molecule has 0 aromatic heterocycles. The fourth-order valence-corrected chi connectivity index (χ4v) is 3.23. The van der Waals surface area contributed by atoms with E-state index in [0.717, 1.165) is 12.0 Å². The minimum Gasteiger partial charge on any atom is -0.461 e. The average molecular weight is 422 g/mol. The van der Waals surface area contributed by atoms with E-state index in [0.29, 0.717) is 13.0 Å². The summed E-state index contributed by atoms with van der Waals surface area (Å²) >= 11 is 0. The van der Waals surface area contributed by atoms with Crippen molar-refractivity contribution < 1.29 is 23.8 Å². The zero-order valence-corrected chi connectivity index (χ0v) is 19.8. The van der Waals surface area contributed by atoms with E-state index in [1.54, 1.807) is 27.7 Å². The lowest BCUT2D eigenvalue weighted by atomic mass is 9.81. The number of carbonyl (C=O) groups excluding carboxylic acids is 2. The number of hydrogen-bond acceptors (Lipinski definition) is 5. The summed E-state index contributed by atoms with van der Waals surface area (Å²) in [5.74, 6) is -0.568. The van der Waals surface area contributed by atoms with Gasteiger partial charge in [0.1, 0.15) is 17.7 Å². The third-order valence-electron chi connectivity index (χ3n) is 4.83. The molecule has 1 rings (SSSR count). The number of hydrogen-bond donors (Lipinski definition) is 1. The van der Waals surface area contributed by atoms with Crippen LogP contribution in [0.15, 0.2) is 30.3 Å². The minimum absolute atomic E-state index is 0.0656. The van der Waals surface area contributed by atoms with Crippen LogP contribution in [0.2, 0.25) is 0 Å². The Kier molecular flexibility index (Phi) is 9.82. The molecule has 0 saturated carbocycles. The topological polar surface area (TPSA) is 73.9 Å². The first-order valence-corrected chi connectivity index (χ1v) is 10.7. The Hall–Kier alpha value is -2.08. The number of benzene rings is 1. The molecule has 0 bridgehead atoms. The van der Waals surface area contributed by atoms with Crippen LogP contribution in [0.4, 0.5) is 4.79 Å². The molecular formula is C24H39NO5. The van der Waals surface area contributed by atoms with Crippen molar-refractivity contribution in [3.63, 3.8) is 0 Å². The van der Waals surface area contributed by atoms with Crippen molar-refractivity contribution in [2.75, 3.05) is 6.61 Å². The van der Waals surface area contributed by atoms with Gasteiger partial charge in [-0.3, -0.25) is 0 Å². The minimum atomic E-state index is -0.820. The van der Waals surface area contributed by atoms with E-state index in [9.17, 15) is 9.59 Å². The highest BCUT2D eigenvalue weighted by atomic mass is 16.6. The van der Waals surface area contributed by atoms with Gasteiger partial charge in [-0.1, -0.05) is 37.3 Å². The molecule has 1 aromatic carbocycles. The van der Waals surface area contributed by atoms with Crippen LogP contribution >= 0.6 is 0 Å². The highest BCUT2D eigenvalue weighted by Crippen LogP contribution is 2.30. The highest BCUT2D eigenvalue weighted by Gasteiger charge is 2.37. The Bertz CT molecular complexity index is 666. The molecule has 1 amide bonds. The van der Waals surface area contributed by atoms with Crippen LogP contribution in [0.3, 0.4) is 0 Å². The predicted octanol–water partition coefficient (Wildman–Crippen LogP) is 4.90. The van der Waals surface area contributed by atoms with Crippen molar-refractivity contribution in [1.29, 1.82) is 0 Å². The monoisotopic (exact) mass is 421 g/mol. The van der Waals surface area contributed by atoms with Crippen molar-refractivity contribution in [2.45, 2.75) is 91.6 Å². The van der Waals surface area contributed by atoms with Crippen LogP contribution in [0, 0.1) is 5.92 Å². The van der Waals surface area contributed by atoms with Gasteiger partial charge in [0.2, 0.25) is 0 Å². The second kappa shape index (κ2) is 11.3. The summed E-state index contributed by atoms with van der Waals surface area (Å²) in [4.78, 5) is 24.6. The van der Waals surface area contributed by atoms with Crippen LogP contribution < -0.4 is 5.32 Å². The Morgan fingerprint density at radius 3 is 2.17 bits per heavy atom. The van der Waals surface area contributed by atoms with Gasteiger partial charge in [0.25, 0.3) is 0 Å². The largest absolute Gasteiger partial charge is 0.461 e. The number of nitrogens with one attached hydrogen (secondary N) is 1. The molecule has 0 fully saturated rings. The lowest BCUT2D eigenvalue weighted by molar-refractivity contribution is -0.161. The van der Waals surface area contributed by atoms with E-state index in [2.05, 4.69) is 24.4 Å². The summed E-state index contributed by atoms with van der Waals surface area (Å²) in [5.41, 5.74) is 0.0222. The smallest absolute Gasteiger partial charge is 0.408 e. The Morgan fingerprint density at radius 2 is 1.63 bits per heavy atom. The summed E-state index contributed by atoms with van der Waals surface area (Å²) in [7, 11) is 0. The number of carbonyl (C=O) groups is 2. The van der Waals surface area contributed by atoms with Crippen molar-refractivity contribution in [2.24, 2.45) is 5.92 Å². The van der Waals surface area contributed by atoms with Gasteiger partial charge in [0, 0.05) is 12.5 Å².